The van der Waals surface area contributed by atoms with E-state index < -0.39 is 18.0 Å². The van der Waals surface area contributed by atoms with Crippen LogP contribution in [0.4, 0.5) is 13.2 Å². The van der Waals surface area contributed by atoms with Crippen LogP contribution in [0.15, 0.2) is 18.3 Å². The predicted molar refractivity (Wildman–Crippen MR) is 58.3 cm³/mol. The molecule has 0 fully saturated rings. The predicted octanol–water partition coefficient (Wildman–Crippen LogP) is 3.57. The normalized spacial score (nSPS) is 14.8. The lowest BCUT2D eigenvalue weighted by molar-refractivity contribution is -0.141. The van der Waals surface area contributed by atoms with Gasteiger partial charge in [-0.25, -0.2) is 0 Å². The molecular formula is C12H16F3NO. The molecule has 96 valence electrons. The molecule has 0 aliphatic rings. The molecule has 0 radical (unpaired) electrons. The van der Waals surface area contributed by atoms with Crippen molar-refractivity contribution in [1.82, 2.24) is 4.98 Å². The highest BCUT2D eigenvalue weighted by Gasteiger charge is 2.32. The molecule has 5 heteroatoms. The fourth-order valence-electron chi connectivity index (χ4n) is 1.47. The number of pyridine rings is 1. The first-order valence-corrected chi connectivity index (χ1v) is 5.31. The molecule has 0 aromatic carbocycles. The lowest BCUT2D eigenvalue weighted by Crippen LogP contribution is -2.13. The van der Waals surface area contributed by atoms with E-state index in [1.807, 2.05) is 20.8 Å². The second-order valence-electron chi connectivity index (χ2n) is 5.26. The van der Waals surface area contributed by atoms with Gasteiger partial charge in [0, 0.05) is 6.20 Å². The molecule has 0 aliphatic heterocycles. The Bertz CT molecular complexity index is 365. The molecule has 1 unspecified atom stereocenters. The summed E-state index contributed by atoms with van der Waals surface area (Å²) in [6.45, 7) is 5.86. The standard InChI is InChI=1S/C12H16F3NO/c1-11(2,3)6-9(17)8-4-5-10(16-7-8)12(13,14)15/h4-5,7,9,17H,6H2,1-3H3. The first-order chi connectivity index (χ1) is 7.59. The second-order valence-corrected chi connectivity index (χ2v) is 5.26. The Kier molecular flexibility index (Phi) is 3.81. The van der Waals surface area contributed by atoms with Gasteiger partial charge in [0.05, 0.1) is 6.10 Å². The molecule has 0 spiro atoms. The minimum Gasteiger partial charge on any atom is -0.388 e. The summed E-state index contributed by atoms with van der Waals surface area (Å²) >= 11 is 0. The Labute approximate surface area is 98.5 Å². The third kappa shape index (κ3) is 4.34. The fourth-order valence-corrected chi connectivity index (χ4v) is 1.47. The zero-order valence-electron chi connectivity index (χ0n) is 10.0. The van der Waals surface area contributed by atoms with Gasteiger partial charge in [-0.1, -0.05) is 26.8 Å². The molecule has 1 N–H and O–H groups in total. The van der Waals surface area contributed by atoms with Gasteiger partial charge in [0.1, 0.15) is 5.69 Å². The number of rotatable bonds is 2. The maximum absolute atomic E-state index is 12.3. The zero-order valence-corrected chi connectivity index (χ0v) is 10.0. The van der Waals surface area contributed by atoms with Crippen molar-refractivity contribution in [3.05, 3.63) is 29.6 Å². The first kappa shape index (κ1) is 14.0. The van der Waals surface area contributed by atoms with Crippen LogP contribution in [-0.4, -0.2) is 10.1 Å². The number of aliphatic hydroxyl groups is 1. The van der Waals surface area contributed by atoms with Gasteiger partial charge in [0.2, 0.25) is 0 Å². The van der Waals surface area contributed by atoms with E-state index in [9.17, 15) is 18.3 Å². The molecule has 0 aliphatic carbocycles. The smallest absolute Gasteiger partial charge is 0.388 e. The molecular weight excluding hydrogens is 231 g/mol. The summed E-state index contributed by atoms with van der Waals surface area (Å²) < 4.78 is 36.8. The highest BCUT2D eigenvalue weighted by Crippen LogP contribution is 2.31. The lowest BCUT2D eigenvalue weighted by Gasteiger charge is -2.22. The van der Waals surface area contributed by atoms with E-state index in [1.165, 1.54) is 6.07 Å². The van der Waals surface area contributed by atoms with E-state index in [0.717, 1.165) is 12.3 Å². The van der Waals surface area contributed by atoms with Crippen molar-refractivity contribution in [2.75, 3.05) is 0 Å². The Hall–Kier alpha value is -1.10. The Morgan fingerprint density at radius 1 is 1.24 bits per heavy atom. The van der Waals surface area contributed by atoms with Crippen LogP contribution in [0, 0.1) is 5.41 Å². The van der Waals surface area contributed by atoms with Gasteiger partial charge in [0.25, 0.3) is 0 Å². The summed E-state index contributed by atoms with van der Waals surface area (Å²) in [5, 5.41) is 9.83. The van der Waals surface area contributed by atoms with Crippen LogP contribution in [-0.2, 0) is 6.18 Å². The van der Waals surface area contributed by atoms with Crippen LogP contribution in [0.1, 0.15) is 44.6 Å². The molecule has 1 rings (SSSR count). The number of aromatic nitrogens is 1. The number of hydrogen-bond donors (Lipinski definition) is 1. The molecule has 0 saturated heterocycles. The van der Waals surface area contributed by atoms with Crippen LogP contribution in [0.2, 0.25) is 0 Å². The van der Waals surface area contributed by atoms with Crippen molar-refractivity contribution in [3.63, 3.8) is 0 Å². The van der Waals surface area contributed by atoms with Crippen molar-refractivity contribution < 1.29 is 18.3 Å². The third-order valence-corrected chi connectivity index (χ3v) is 2.27. The summed E-state index contributed by atoms with van der Waals surface area (Å²) in [6.07, 6.45) is -3.67. The number of hydrogen-bond acceptors (Lipinski definition) is 2. The van der Waals surface area contributed by atoms with Crippen LogP contribution < -0.4 is 0 Å². The number of halogens is 3. The average molecular weight is 247 g/mol. The molecule has 0 saturated carbocycles. The van der Waals surface area contributed by atoms with Crippen molar-refractivity contribution in [2.24, 2.45) is 5.41 Å². The van der Waals surface area contributed by atoms with E-state index in [2.05, 4.69) is 4.98 Å². The summed E-state index contributed by atoms with van der Waals surface area (Å²) in [7, 11) is 0. The number of aliphatic hydroxyl groups excluding tert-OH is 1. The Morgan fingerprint density at radius 2 is 1.82 bits per heavy atom. The minimum absolute atomic E-state index is 0.0951. The topological polar surface area (TPSA) is 33.1 Å². The van der Waals surface area contributed by atoms with Gasteiger partial charge in [-0.15, -0.1) is 0 Å². The largest absolute Gasteiger partial charge is 0.433 e. The van der Waals surface area contributed by atoms with Crippen LogP contribution >= 0.6 is 0 Å². The van der Waals surface area contributed by atoms with E-state index in [4.69, 9.17) is 0 Å². The second kappa shape index (κ2) is 4.64. The van der Waals surface area contributed by atoms with E-state index in [1.54, 1.807) is 0 Å². The quantitative estimate of drug-likeness (QED) is 0.866. The number of alkyl halides is 3. The zero-order chi connectivity index (χ0) is 13.3. The van der Waals surface area contributed by atoms with Gasteiger partial charge in [-0.3, -0.25) is 4.98 Å². The molecule has 17 heavy (non-hydrogen) atoms. The van der Waals surface area contributed by atoms with Crippen LogP contribution in [0.5, 0.6) is 0 Å². The summed E-state index contributed by atoms with van der Waals surface area (Å²) in [6, 6.07) is 2.16. The van der Waals surface area contributed by atoms with Crippen molar-refractivity contribution in [1.29, 1.82) is 0 Å². The maximum atomic E-state index is 12.3. The van der Waals surface area contributed by atoms with Crippen LogP contribution in [0.25, 0.3) is 0 Å². The molecule has 0 bridgehead atoms. The summed E-state index contributed by atoms with van der Waals surface area (Å²) in [5.74, 6) is 0. The number of nitrogens with zero attached hydrogens (tertiary/aromatic N) is 1. The molecule has 0 amide bonds. The molecule has 1 aromatic heterocycles. The van der Waals surface area contributed by atoms with Gasteiger partial charge >= 0.3 is 6.18 Å². The fraction of sp³-hybridized carbons (Fsp3) is 0.583. The van der Waals surface area contributed by atoms with E-state index in [0.29, 0.717) is 12.0 Å². The molecule has 2 nitrogen and oxygen atoms in total. The van der Waals surface area contributed by atoms with Crippen molar-refractivity contribution >= 4 is 0 Å². The van der Waals surface area contributed by atoms with Gasteiger partial charge in [-0.2, -0.15) is 13.2 Å². The minimum atomic E-state index is -4.44. The van der Waals surface area contributed by atoms with Crippen molar-refractivity contribution in [3.8, 4) is 0 Å². The molecule has 1 atom stereocenters. The first-order valence-electron chi connectivity index (χ1n) is 5.31. The van der Waals surface area contributed by atoms with Crippen LogP contribution in [0.3, 0.4) is 0 Å². The highest BCUT2D eigenvalue weighted by atomic mass is 19.4. The Balaban J connectivity index is 2.81. The lowest BCUT2D eigenvalue weighted by atomic mass is 9.87. The maximum Gasteiger partial charge on any atom is 0.433 e. The highest BCUT2D eigenvalue weighted by molar-refractivity contribution is 5.18. The van der Waals surface area contributed by atoms with E-state index >= 15 is 0 Å². The van der Waals surface area contributed by atoms with Gasteiger partial charge in [0.15, 0.2) is 0 Å². The van der Waals surface area contributed by atoms with Gasteiger partial charge < -0.3 is 5.11 Å². The van der Waals surface area contributed by atoms with E-state index in [-0.39, 0.29) is 5.41 Å². The summed E-state index contributed by atoms with van der Waals surface area (Å²) in [4.78, 5) is 3.32. The average Bonchev–Trinajstić information content (AvgIpc) is 2.14. The van der Waals surface area contributed by atoms with Crippen molar-refractivity contribution in [2.45, 2.75) is 39.5 Å². The van der Waals surface area contributed by atoms with Gasteiger partial charge in [-0.05, 0) is 23.5 Å². The SMILES string of the molecule is CC(C)(C)CC(O)c1ccc(C(F)(F)F)nc1. The molecule has 1 heterocycles. The molecule has 1 aromatic rings. The third-order valence-electron chi connectivity index (χ3n) is 2.27. The summed E-state index contributed by atoms with van der Waals surface area (Å²) in [5.41, 5.74) is -0.626. The monoisotopic (exact) mass is 247 g/mol. The Morgan fingerprint density at radius 3 is 2.18 bits per heavy atom.